The van der Waals surface area contributed by atoms with Crippen molar-refractivity contribution in [3.05, 3.63) is 47.9 Å². The molecular weight excluding hydrogens is 310 g/mol. The topological polar surface area (TPSA) is 74.8 Å². The maximum atomic E-state index is 12.5. The van der Waals surface area contributed by atoms with Gasteiger partial charge < -0.3 is 4.98 Å². The van der Waals surface area contributed by atoms with E-state index in [1.54, 1.807) is 6.92 Å². The molecule has 0 fully saturated rings. The van der Waals surface area contributed by atoms with Crippen LogP contribution in [0.1, 0.15) is 25.2 Å². The summed E-state index contributed by atoms with van der Waals surface area (Å²) in [6, 6.07) is 9.25. The van der Waals surface area contributed by atoms with Crippen LogP contribution >= 0.6 is 11.6 Å². The van der Waals surface area contributed by atoms with Crippen LogP contribution in [-0.4, -0.2) is 24.3 Å². The molecule has 1 heterocycles. The van der Waals surface area contributed by atoms with E-state index in [9.17, 15) is 8.42 Å². The number of aromatic amines is 1. The molecule has 0 aliphatic carbocycles. The highest BCUT2D eigenvalue weighted by molar-refractivity contribution is 7.89. The molecule has 0 saturated carbocycles. The summed E-state index contributed by atoms with van der Waals surface area (Å²) in [7, 11) is -3.72. The summed E-state index contributed by atoms with van der Waals surface area (Å²) in [5.41, 5.74) is -0.0853. The van der Waals surface area contributed by atoms with Gasteiger partial charge in [0.2, 0.25) is 0 Å². The third-order valence-corrected chi connectivity index (χ3v) is 5.31. The molecule has 114 valence electrons. The highest BCUT2D eigenvalue weighted by Crippen LogP contribution is 2.24. The number of aryl methyl sites for hydroxylation is 1. The van der Waals surface area contributed by atoms with Crippen LogP contribution in [0.5, 0.6) is 0 Å². The SMILES string of the molecule is CCc1ncc(S(=O)(=O)NC(C)(CCl)c2ccccc2)[nH]1. The van der Waals surface area contributed by atoms with Crippen LogP contribution in [-0.2, 0) is 22.0 Å². The maximum absolute atomic E-state index is 12.5. The second kappa shape index (κ2) is 6.17. The van der Waals surface area contributed by atoms with Crippen molar-refractivity contribution < 1.29 is 8.42 Å². The lowest BCUT2D eigenvalue weighted by atomic mass is 9.96. The molecule has 1 aromatic heterocycles. The van der Waals surface area contributed by atoms with Gasteiger partial charge in [0.15, 0.2) is 5.03 Å². The van der Waals surface area contributed by atoms with Gasteiger partial charge in [-0.25, -0.2) is 13.4 Å². The third kappa shape index (κ3) is 3.45. The third-order valence-electron chi connectivity index (χ3n) is 3.27. The fourth-order valence-corrected chi connectivity index (χ4v) is 3.62. The number of rotatable bonds is 6. The van der Waals surface area contributed by atoms with Crippen molar-refractivity contribution in [1.82, 2.24) is 14.7 Å². The zero-order valence-corrected chi connectivity index (χ0v) is 13.5. The Balaban J connectivity index is 2.33. The van der Waals surface area contributed by atoms with Crippen molar-refractivity contribution in [2.24, 2.45) is 0 Å². The molecular formula is C14H18ClN3O2S. The molecule has 0 aliphatic rings. The van der Waals surface area contributed by atoms with Gasteiger partial charge in [-0.1, -0.05) is 37.3 Å². The second-order valence-corrected chi connectivity index (χ2v) is 6.90. The van der Waals surface area contributed by atoms with Crippen LogP contribution in [0.2, 0.25) is 0 Å². The fourth-order valence-electron chi connectivity index (χ4n) is 1.98. The van der Waals surface area contributed by atoms with Gasteiger partial charge in [0.05, 0.1) is 11.7 Å². The predicted octanol–water partition coefficient (Wildman–Crippen LogP) is 2.40. The number of aromatic nitrogens is 2. The molecule has 2 aromatic rings. The molecule has 21 heavy (non-hydrogen) atoms. The smallest absolute Gasteiger partial charge is 0.258 e. The minimum absolute atomic E-state index is 0.0478. The maximum Gasteiger partial charge on any atom is 0.258 e. The molecule has 1 atom stereocenters. The fraction of sp³-hybridized carbons (Fsp3) is 0.357. The van der Waals surface area contributed by atoms with Crippen molar-refractivity contribution >= 4 is 21.6 Å². The lowest BCUT2D eigenvalue weighted by Crippen LogP contribution is -2.45. The second-order valence-electron chi connectivity index (χ2n) is 4.98. The molecule has 1 unspecified atom stereocenters. The predicted molar refractivity (Wildman–Crippen MR) is 82.8 cm³/mol. The number of H-pyrrole nitrogens is 1. The van der Waals surface area contributed by atoms with Crippen LogP contribution in [0.3, 0.4) is 0 Å². The number of hydrogen-bond donors (Lipinski definition) is 2. The summed E-state index contributed by atoms with van der Waals surface area (Å²) in [6.45, 7) is 3.65. The van der Waals surface area contributed by atoms with E-state index >= 15 is 0 Å². The molecule has 0 spiro atoms. The zero-order chi connectivity index (χ0) is 15.5. The number of alkyl halides is 1. The first-order chi connectivity index (χ1) is 9.91. The Morgan fingerprint density at radius 3 is 2.52 bits per heavy atom. The first-order valence-corrected chi connectivity index (χ1v) is 8.62. The molecule has 0 saturated heterocycles. The van der Waals surface area contributed by atoms with Crippen LogP contribution in [0.15, 0.2) is 41.6 Å². The van der Waals surface area contributed by atoms with Gasteiger partial charge in [0, 0.05) is 12.3 Å². The van der Waals surface area contributed by atoms with Gasteiger partial charge in [-0.05, 0) is 12.5 Å². The van der Waals surface area contributed by atoms with Crippen LogP contribution in [0.4, 0.5) is 0 Å². The van der Waals surface area contributed by atoms with Crippen molar-refractivity contribution in [2.45, 2.75) is 30.8 Å². The van der Waals surface area contributed by atoms with E-state index < -0.39 is 15.6 Å². The number of halogens is 1. The Hall–Kier alpha value is -1.37. The van der Waals surface area contributed by atoms with Crippen molar-refractivity contribution in [1.29, 1.82) is 0 Å². The molecule has 0 aliphatic heterocycles. The largest absolute Gasteiger partial charge is 0.332 e. The minimum Gasteiger partial charge on any atom is -0.332 e. The molecule has 2 rings (SSSR count). The van der Waals surface area contributed by atoms with Crippen molar-refractivity contribution in [2.75, 3.05) is 5.88 Å². The Kier molecular flexibility index (Phi) is 4.70. The molecule has 0 amide bonds. The Morgan fingerprint density at radius 2 is 2.00 bits per heavy atom. The normalized spacial score (nSPS) is 14.8. The van der Waals surface area contributed by atoms with Crippen LogP contribution in [0, 0.1) is 0 Å². The molecule has 0 radical (unpaired) electrons. The van der Waals surface area contributed by atoms with E-state index in [1.807, 2.05) is 37.3 Å². The van der Waals surface area contributed by atoms with Gasteiger partial charge in [-0.2, -0.15) is 4.72 Å². The van der Waals surface area contributed by atoms with Crippen molar-refractivity contribution in [3.8, 4) is 0 Å². The van der Waals surface area contributed by atoms with Gasteiger partial charge >= 0.3 is 0 Å². The van der Waals surface area contributed by atoms with E-state index in [1.165, 1.54) is 6.20 Å². The van der Waals surface area contributed by atoms with E-state index in [4.69, 9.17) is 11.6 Å². The van der Waals surface area contributed by atoms with Crippen LogP contribution < -0.4 is 4.72 Å². The van der Waals surface area contributed by atoms with E-state index in [0.29, 0.717) is 12.2 Å². The number of hydrogen-bond acceptors (Lipinski definition) is 3. The lowest BCUT2D eigenvalue weighted by molar-refractivity contribution is 0.475. The number of sulfonamides is 1. The Labute approximate surface area is 129 Å². The highest BCUT2D eigenvalue weighted by atomic mass is 35.5. The quantitative estimate of drug-likeness (QED) is 0.800. The van der Waals surface area contributed by atoms with Crippen LogP contribution in [0.25, 0.3) is 0 Å². The lowest BCUT2D eigenvalue weighted by Gasteiger charge is -2.28. The molecule has 7 heteroatoms. The molecule has 2 N–H and O–H groups in total. The van der Waals surface area contributed by atoms with Gasteiger partial charge in [0.25, 0.3) is 10.0 Å². The summed E-state index contributed by atoms with van der Waals surface area (Å²) in [4.78, 5) is 6.82. The molecule has 1 aromatic carbocycles. The summed E-state index contributed by atoms with van der Waals surface area (Å²) in [6.07, 6.45) is 1.96. The average Bonchev–Trinajstić information content (AvgIpc) is 2.97. The molecule has 0 bridgehead atoms. The standard InChI is InChI=1S/C14H18ClN3O2S/c1-3-12-16-9-13(17-12)21(19,20)18-14(2,10-15)11-7-5-4-6-8-11/h4-9,18H,3,10H2,1-2H3,(H,16,17). The van der Waals surface area contributed by atoms with E-state index in [-0.39, 0.29) is 10.9 Å². The number of nitrogens with one attached hydrogen (secondary N) is 2. The van der Waals surface area contributed by atoms with Gasteiger partial charge in [-0.3, -0.25) is 0 Å². The minimum atomic E-state index is -3.72. The summed E-state index contributed by atoms with van der Waals surface area (Å²) in [5, 5.41) is 0.0478. The van der Waals surface area contributed by atoms with Gasteiger partial charge in [-0.15, -0.1) is 11.6 Å². The molecule has 5 nitrogen and oxygen atoms in total. The number of benzene rings is 1. The number of imidazole rings is 1. The average molecular weight is 328 g/mol. The van der Waals surface area contributed by atoms with E-state index in [2.05, 4.69) is 14.7 Å². The monoisotopic (exact) mass is 327 g/mol. The first kappa shape index (κ1) is 16.0. The number of nitrogens with zero attached hydrogens (tertiary/aromatic N) is 1. The summed E-state index contributed by atoms with van der Waals surface area (Å²) >= 11 is 6.02. The zero-order valence-electron chi connectivity index (χ0n) is 11.9. The van der Waals surface area contributed by atoms with E-state index in [0.717, 1.165) is 5.56 Å². The van der Waals surface area contributed by atoms with Gasteiger partial charge in [0.1, 0.15) is 5.82 Å². The highest BCUT2D eigenvalue weighted by Gasteiger charge is 2.32. The first-order valence-electron chi connectivity index (χ1n) is 6.60. The Bertz CT molecular complexity index is 700. The summed E-state index contributed by atoms with van der Waals surface area (Å²) < 4.78 is 27.6. The van der Waals surface area contributed by atoms with Crippen molar-refractivity contribution in [3.63, 3.8) is 0 Å². The summed E-state index contributed by atoms with van der Waals surface area (Å²) in [5.74, 6) is 0.744. The Morgan fingerprint density at radius 1 is 1.33 bits per heavy atom.